The molecule has 0 bridgehead atoms. The van der Waals surface area contributed by atoms with Gasteiger partial charge in [0.2, 0.25) is 4.80 Å². The first-order chi connectivity index (χ1) is 16.9. The Morgan fingerprint density at radius 2 is 1.71 bits per heavy atom. The highest BCUT2D eigenvalue weighted by atomic mass is 35.5. The molecule has 0 spiro atoms. The standard InChI is InChI=1S/C24H14Cl2N4O3S2/c25-15-7-11-16(12-8-15)29-19(14-5-9-17(10-6-14)30(32)33)13-34-24(29)28-27-23(31)22-21(26)18-3-1-2-4-20(18)35-22/h1-13H,(H,27,31)/b28-24-. The van der Waals surface area contributed by atoms with Gasteiger partial charge in [0.1, 0.15) is 4.88 Å². The lowest BCUT2D eigenvalue weighted by Crippen LogP contribution is -2.23. The largest absolute Gasteiger partial charge is 0.284 e. The summed E-state index contributed by atoms with van der Waals surface area (Å²) >= 11 is 15.1. The lowest BCUT2D eigenvalue weighted by Gasteiger charge is -2.09. The van der Waals surface area contributed by atoms with Gasteiger partial charge in [0, 0.05) is 38.3 Å². The minimum Gasteiger partial charge on any atom is -0.284 e. The first-order valence-electron chi connectivity index (χ1n) is 10.1. The minimum atomic E-state index is -0.444. The Morgan fingerprint density at radius 1 is 1.00 bits per heavy atom. The number of thiazole rings is 1. The number of halogens is 2. The van der Waals surface area contributed by atoms with E-state index in [1.165, 1.54) is 34.8 Å². The zero-order valence-electron chi connectivity index (χ0n) is 17.6. The molecule has 174 valence electrons. The zero-order chi connectivity index (χ0) is 24.5. The summed E-state index contributed by atoms with van der Waals surface area (Å²) in [5, 5.41) is 19.1. The van der Waals surface area contributed by atoms with Crippen LogP contribution in [0.25, 0.3) is 27.0 Å². The molecule has 0 saturated carbocycles. The number of benzene rings is 3. The van der Waals surface area contributed by atoms with Gasteiger partial charge in [-0.25, -0.2) is 5.43 Å². The van der Waals surface area contributed by atoms with Crippen LogP contribution in [-0.4, -0.2) is 15.4 Å². The van der Waals surface area contributed by atoms with Gasteiger partial charge < -0.3 is 0 Å². The number of nitro groups is 1. The number of aromatic nitrogens is 1. The van der Waals surface area contributed by atoms with Gasteiger partial charge in [0.05, 0.1) is 15.6 Å². The maximum atomic E-state index is 12.9. The summed E-state index contributed by atoms with van der Waals surface area (Å²) in [6.07, 6.45) is 0. The van der Waals surface area contributed by atoms with Crippen molar-refractivity contribution < 1.29 is 9.72 Å². The van der Waals surface area contributed by atoms with Crippen molar-refractivity contribution in [2.75, 3.05) is 0 Å². The first-order valence-corrected chi connectivity index (χ1v) is 12.6. The summed E-state index contributed by atoms with van der Waals surface area (Å²) in [5.74, 6) is -0.413. The van der Waals surface area contributed by atoms with Crippen LogP contribution in [0.2, 0.25) is 10.0 Å². The predicted octanol–water partition coefficient (Wildman–Crippen LogP) is 6.88. The van der Waals surface area contributed by atoms with Crippen molar-refractivity contribution in [1.82, 2.24) is 9.99 Å². The topological polar surface area (TPSA) is 89.5 Å². The lowest BCUT2D eigenvalue weighted by atomic mass is 10.1. The van der Waals surface area contributed by atoms with Gasteiger partial charge in [-0.1, -0.05) is 41.4 Å². The molecule has 0 radical (unpaired) electrons. The molecular formula is C24H14Cl2N4O3S2. The predicted molar refractivity (Wildman–Crippen MR) is 141 cm³/mol. The van der Waals surface area contributed by atoms with Gasteiger partial charge in [0.15, 0.2) is 0 Å². The molecule has 35 heavy (non-hydrogen) atoms. The van der Waals surface area contributed by atoms with E-state index in [0.29, 0.717) is 19.7 Å². The van der Waals surface area contributed by atoms with Crippen molar-refractivity contribution in [3.05, 3.63) is 108 Å². The van der Waals surface area contributed by atoms with Crippen LogP contribution >= 0.6 is 45.9 Å². The van der Waals surface area contributed by atoms with E-state index >= 15 is 0 Å². The molecule has 2 aromatic heterocycles. The van der Waals surface area contributed by atoms with Gasteiger partial charge in [-0.05, 0) is 48.0 Å². The Kier molecular flexibility index (Phi) is 6.40. The summed E-state index contributed by atoms with van der Waals surface area (Å²) in [5.41, 5.74) is 4.88. The third-order valence-electron chi connectivity index (χ3n) is 5.16. The number of nitrogens with one attached hydrogen (secondary N) is 1. The molecule has 0 aliphatic rings. The van der Waals surface area contributed by atoms with Crippen LogP contribution in [0.5, 0.6) is 0 Å². The number of carbonyl (C=O) groups is 1. The Balaban J connectivity index is 1.56. The molecule has 7 nitrogen and oxygen atoms in total. The van der Waals surface area contributed by atoms with E-state index in [-0.39, 0.29) is 5.69 Å². The van der Waals surface area contributed by atoms with E-state index in [1.54, 1.807) is 24.3 Å². The van der Waals surface area contributed by atoms with Crippen LogP contribution < -0.4 is 10.2 Å². The van der Waals surface area contributed by atoms with E-state index in [2.05, 4.69) is 10.5 Å². The van der Waals surface area contributed by atoms with Crippen LogP contribution in [0, 0.1) is 10.1 Å². The summed E-state index contributed by atoms with van der Waals surface area (Å²) < 4.78 is 2.75. The Bertz CT molecular complexity index is 1640. The fourth-order valence-corrected chi connectivity index (χ4v) is 5.89. The monoisotopic (exact) mass is 540 g/mol. The van der Waals surface area contributed by atoms with Gasteiger partial charge in [-0.15, -0.1) is 27.8 Å². The normalized spacial score (nSPS) is 11.7. The maximum absolute atomic E-state index is 12.9. The number of nitrogens with zero attached hydrogens (tertiary/aromatic N) is 3. The molecule has 0 saturated heterocycles. The second-order valence-electron chi connectivity index (χ2n) is 7.31. The van der Waals surface area contributed by atoms with Crippen molar-refractivity contribution in [2.24, 2.45) is 5.10 Å². The number of carbonyl (C=O) groups excluding carboxylic acids is 1. The van der Waals surface area contributed by atoms with E-state index < -0.39 is 10.8 Å². The molecule has 0 unspecified atom stereocenters. The summed E-state index contributed by atoms with van der Waals surface area (Å²) in [7, 11) is 0. The SMILES string of the molecule is O=C(N/N=c1\scc(-c2ccc([N+](=O)[O-])cc2)n1-c1ccc(Cl)cc1)c1sc2ccccc2c1Cl. The van der Waals surface area contributed by atoms with E-state index in [0.717, 1.165) is 27.0 Å². The summed E-state index contributed by atoms with van der Waals surface area (Å²) in [6, 6.07) is 20.9. The van der Waals surface area contributed by atoms with Gasteiger partial charge in [-0.2, -0.15) is 0 Å². The maximum Gasteiger partial charge on any atom is 0.283 e. The number of rotatable bonds is 5. The number of non-ortho nitro benzene ring substituents is 1. The second-order valence-corrected chi connectivity index (χ2v) is 10.0. The number of hydrogen-bond donors (Lipinski definition) is 1. The number of amides is 1. The lowest BCUT2D eigenvalue weighted by molar-refractivity contribution is -0.384. The number of hydrogen-bond acceptors (Lipinski definition) is 6. The fourth-order valence-electron chi connectivity index (χ4n) is 3.49. The molecule has 0 atom stereocenters. The minimum absolute atomic E-state index is 0.000546. The van der Waals surface area contributed by atoms with Crippen molar-refractivity contribution in [1.29, 1.82) is 0 Å². The molecule has 3 aromatic carbocycles. The van der Waals surface area contributed by atoms with Gasteiger partial charge in [-0.3, -0.25) is 19.5 Å². The summed E-state index contributed by atoms with van der Waals surface area (Å²) in [4.78, 5) is 24.4. The average molecular weight is 541 g/mol. The van der Waals surface area contributed by atoms with Crippen LogP contribution in [0.1, 0.15) is 9.67 Å². The summed E-state index contributed by atoms with van der Waals surface area (Å²) in [6.45, 7) is 0. The highest BCUT2D eigenvalue weighted by Crippen LogP contribution is 2.35. The third kappa shape index (κ3) is 4.59. The molecule has 0 aliphatic carbocycles. The van der Waals surface area contributed by atoms with Crippen molar-refractivity contribution >= 4 is 67.6 Å². The molecular weight excluding hydrogens is 527 g/mol. The van der Waals surface area contributed by atoms with Crippen LogP contribution in [0.4, 0.5) is 5.69 Å². The Hall–Kier alpha value is -3.50. The number of nitro benzene ring substituents is 1. The average Bonchev–Trinajstić information content (AvgIpc) is 3.44. The molecule has 0 aliphatic heterocycles. The molecule has 5 rings (SSSR count). The molecule has 5 aromatic rings. The van der Waals surface area contributed by atoms with Crippen molar-refractivity contribution in [3.63, 3.8) is 0 Å². The van der Waals surface area contributed by atoms with E-state index in [4.69, 9.17) is 23.2 Å². The highest BCUT2D eigenvalue weighted by molar-refractivity contribution is 7.21. The van der Waals surface area contributed by atoms with E-state index in [1.807, 2.05) is 46.3 Å². The smallest absolute Gasteiger partial charge is 0.283 e. The fraction of sp³-hybridized carbons (Fsp3) is 0. The third-order valence-corrected chi connectivity index (χ3v) is 7.91. The molecule has 0 fully saturated rings. The van der Waals surface area contributed by atoms with Crippen LogP contribution in [-0.2, 0) is 0 Å². The number of thiophene rings is 1. The van der Waals surface area contributed by atoms with Gasteiger partial charge >= 0.3 is 0 Å². The Labute approximate surface area is 216 Å². The van der Waals surface area contributed by atoms with E-state index in [9.17, 15) is 14.9 Å². The molecule has 11 heteroatoms. The van der Waals surface area contributed by atoms with Crippen LogP contribution in [0.3, 0.4) is 0 Å². The number of fused-ring (bicyclic) bond motifs is 1. The van der Waals surface area contributed by atoms with Crippen molar-refractivity contribution in [2.45, 2.75) is 0 Å². The zero-order valence-corrected chi connectivity index (χ0v) is 20.8. The van der Waals surface area contributed by atoms with Crippen LogP contribution in [0.15, 0.2) is 83.3 Å². The quantitative estimate of drug-likeness (QED) is 0.194. The van der Waals surface area contributed by atoms with Crippen molar-refractivity contribution in [3.8, 4) is 16.9 Å². The highest BCUT2D eigenvalue weighted by Gasteiger charge is 2.17. The second kappa shape index (κ2) is 9.63. The molecule has 1 amide bonds. The Morgan fingerprint density at radius 3 is 2.40 bits per heavy atom. The first kappa shape index (κ1) is 23.3. The molecule has 1 N–H and O–H groups in total. The molecule has 2 heterocycles. The van der Waals surface area contributed by atoms with Gasteiger partial charge in [0.25, 0.3) is 11.6 Å².